The number of aromatic nitrogens is 4. The first-order chi connectivity index (χ1) is 11.9. The van der Waals surface area contributed by atoms with Crippen molar-refractivity contribution in [2.75, 3.05) is 0 Å². The monoisotopic (exact) mass is 356 g/mol. The van der Waals surface area contributed by atoms with E-state index in [4.69, 9.17) is 0 Å². The molecule has 4 aromatic rings. The summed E-state index contributed by atoms with van der Waals surface area (Å²) in [6.45, 7) is 0. The van der Waals surface area contributed by atoms with Crippen LogP contribution in [0, 0.1) is 5.82 Å². The third-order valence-electron chi connectivity index (χ3n) is 3.91. The standard InChI is InChI=1S/C17H13FN4O2S/c1-21-11-13(10-20-21)12-8-17-16(19-9-12)6-7-22(17)25(23,24)15-4-2-14(18)3-5-15/h2-11H,1H3. The van der Waals surface area contributed by atoms with Gasteiger partial charge in [0, 0.05) is 36.8 Å². The lowest BCUT2D eigenvalue weighted by Gasteiger charge is -2.08. The first-order valence-electron chi connectivity index (χ1n) is 7.42. The quantitative estimate of drug-likeness (QED) is 0.566. The maximum absolute atomic E-state index is 13.1. The minimum absolute atomic E-state index is 0.0122. The van der Waals surface area contributed by atoms with Gasteiger partial charge in [0.1, 0.15) is 5.82 Å². The summed E-state index contributed by atoms with van der Waals surface area (Å²) in [6.07, 6.45) is 6.63. The van der Waals surface area contributed by atoms with Gasteiger partial charge in [-0.15, -0.1) is 0 Å². The first-order valence-corrected chi connectivity index (χ1v) is 8.86. The summed E-state index contributed by atoms with van der Waals surface area (Å²) in [5.41, 5.74) is 2.60. The molecule has 4 rings (SSSR count). The molecule has 25 heavy (non-hydrogen) atoms. The van der Waals surface area contributed by atoms with Crippen LogP contribution in [0.5, 0.6) is 0 Å². The zero-order valence-corrected chi connectivity index (χ0v) is 14.0. The molecule has 0 bridgehead atoms. The highest BCUT2D eigenvalue weighted by molar-refractivity contribution is 7.90. The van der Waals surface area contributed by atoms with Crippen molar-refractivity contribution in [3.63, 3.8) is 0 Å². The first kappa shape index (κ1) is 15.5. The van der Waals surface area contributed by atoms with Gasteiger partial charge in [-0.05, 0) is 36.4 Å². The lowest BCUT2D eigenvalue weighted by Crippen LogP contribution is -2.11. The van der Waals surface area contributed by atoms with E-state index in [9.17, 15) is 12.8 Å². The second kappa shape index (κ2) is 5.52. The van der Waals surface area contributed by atoms with Crippen LogP contribution in [0.3, 0.4) is 0 Å². The van der Waals surface area contributed by atoms with Gasteiger partial charge in [-0.2, -0.15) is 5.10 Å². The predicted molar refractivity (Wildman–Crippen MR) is 90.9 cm³/mol. The minimum Gasteiger partial charge on any atom is -0.275 e. The van der Waals surface area contributed by atoms with Crippen molar-refractivity contribution in [3.8, 4) is 11.1 Å². The molecule has 0 spiro atoms. The number of aryl methyl sites for hydroxylation is 1. The van der Waals surface area contributed by atoms with Crippen molar-refractivity contribution in [1.82, 2.24) is 18.7 Å². The molecule has 0 aliphatic heterocycles. The van der Waals surface area contributed by atoms with E-state index in [1.165, 1.54) is 18.3 Å². The van der Waals surface area contributed by atoms with Crippen LogP contribution in [0.1, 0.15) is 0 Å². The van der Waals surface area contributed by atoms with E-state index in [1.54, 1.807) is 36.3 Å². The molecule has 6 nitrogen and oxygen atoms in total. The molecular formula is C17H13FN4O2S. The summed E-state index contributed by atoms with van der Waals surface area (Å²) < 4.78 is 41.6. The molecule has 0 N–H and O–H groups in total. The molecule has 0 aliphatic rings. The molecule has 0 atom stereocenters. The lowest BCUT2D eigenvalue weighted by molar-refractivity contribution is 0.588. The molecule has 0 amide bonds. The molecule has 3 aromatic heterocycles. The molecule has 0 saturated heterocycles. The molecule has 0 aliphatic carbocycles. The Balaban J connectivity index is 1.88. The second-order valence-corrected chi connectivity index (χ2v) is 7.42. The number of pyridine rings is 1. The number of hydrogen-bond donors (Lipinski definition) is 0. The van der Waals surface area contributed by atoms with E-state index < -0.39 is 15.8 Å². The predicted octanol–water partition coefficient (Wildman–Crippen LogP) is 2.81. The highest BCUT2D eigenvalue weighted by atomic mass is 32.2. The van der Waals surface area contributed by atoms with Crippen LogP contribution in [0.2, 0.25) is 0 Å². The van der Waals surface area contributed by atoms with Gasteiger partial charge in [-0.3, -0.25) is 9.67 Å². The molecule has 0 radical (unpaired) electrons. The fourth-order valence-corrected chi connectivity index (χ4v) is 3.98. The van der Waals surface area contributed by atoms with Gasteiger partial charge in [0.05, 0.1) is 22.1 Å². The molecule has 8 heteroatoms. The SMILES string of the molecule is Cn1cc(-c2cnc3ccn(S(=O)(=O)c4ccc(F)cc4)c3c2)cn1. The van der Waals surface area contributed by atoms with Crippen LogP contribution in [0.4, 0.5) is 4.39 Å². The molecule has 1 aromatic carbocycles. The fraction of sp³-hybridized carbons (Fsp3) is 0.0588. The Bertz CT molecular complexity index is 1180. The van der Waals surface area contributed by atoms with E-state index in [1.807, 2.05) is 6.20 Å². The number of nitrogens with zero attached hydrogens (tertiary/aromatic N) is 4. The number of benzene rings is 1. The Labute approximate surface area is 143 Å². The maximum atomic E-state index is 13.1. The van der Waals surface area contributed by atoms with Crippen LogP contribution in [-0.4, -0.2) is 27.2 Å². The third-order valence-corrected chi connectivity index (χ3v) is 5.62. The second-order valence-electron chi connectivity index (χ2n) is 5.60. The zero-order valence-electron chi connectivity index (χ0n) is 13.2. The topological polar surface area (TPSA) is 69.8 Å². The average molecular weight is 356 g/mol. The van der Waals surface area contributed by atoms with Crippen molar-refractivity contribution >= 4 is 21.1 Å². The van der Waals surface area contributed by atoms with Gasteiger partial charge in [0.2, 0.25) is 0 Å². The summed E-state index contributed by atoms with van der Waals surface area (Å²) >= 11 is 0. The van der Waals surface area contributed by atoms with Gasteiger partial charge in [-0.1, -0.05) is 0 Å². The average Bonchev–Trinajstić information content (AvgIpc) is 3.21. The molecule has 0 saturated carbocycles. The zero-order chi connectivity index (χ0) is 17.6. The van der Waals surface area contributed by atoms with Gasteiger partial charge in [0.15, 0.2) is 0 Å². The van der Waals surface area contributed by atoms with E-state index in [2.05, 4.69) is 10.1 Å². The molecular weight excluding hydrogens is 343 g/mol. The Hall–Kier alpha value is -3.00. The maximum Gasteiger partial charge on any atom is 0.268 e. The minimum atomic E-state index is -3.84. The van der Waals surface area contributed by atoms with E-state index >= 15 is 0 Å². The van der Waals surface area contributed by atoms with Gasteiger partial charge < -0.3 is 0 Å². The number of halogens is 1. The number of fused-ring (bicyclic) bond motifs is 1. The van der Waals surface area contributed by atoms with Crippen LogP contribution in [0.25, 0.3) is 22.2 Å². The summed E-state index contributed by atoms with van der Waals surface area (Å²) in [6, 6.07) is 8.11. The highest BCUT2D eigenvalue weighted by Crippen LogP contribution is 2.26. The normalized spacial score (nSPS) is 11.9. The molecule has 3 heterocycles. The summed E-state index contributed by atoms with van der Waals surface area (Å²) in [4.78, 5) is 4.34. The third kappa shape index (κ3) is 2.60. The summed E-state index contributed by atoms with van der Waals surface area (Å²) in [7, 11) is -2.04. The Morgan fingerprint density at radius 3 is 2.48 bits per heavy atom. The van der Waals surface area contributed by atoms with Gasteiger partial charge in [-0.25, -0.2) is 16.8 Å². The summed E-state index contributed by atoms with van der Waals surface area (Å²) in [5, 5.41) is 4.12. The number of rotatable bonds is 3. The van der Waals surface area contributed by atoms with Crippen molar-refractivity contribution in [2.45, 2.75) is 4.90 Å². The Morgan fingerprint density at radius 2 is 1.80 bits per heavy atom. The molecule has 0 unspecified atom stereocenters. The van der Waals surface area contributed by atoms with Gasteiger partial charge >= 0.3 is 0 Å². The Kier molecular flexibility index (Phi) is 3.43. The van der Waals surface area contributed by atoms with Crippen molar-refractivity contribution in [1.29, 1.82) is 0 Å². The van der Waals surface area contributed by atoms with E-state index in [-0.39, 0.29) is 4.90 Å². The van der Waals surface area contributed by atoms with E-state index in [0.29, 0.717) is 11.0 Å². The summed E-state index contributed by atoms with van der Waals surface area (Å²) in [5.74, 6) is -0.489. The Morgan fingerprint density at radius 1 is 1.04 bits per heavy atom. The highest BCUT2D eigenvalue weighted by Gasteiger charge is 2.19. The van der Waals surface area contributed by atoms with Crippen LogP contribution in [0.15, 0.2) is 66.1 Å². The lowest BCUT2D eigenvalue weighted by atomic mass is 10.1. The van der Waals surface area contributed by atoms with Crippen molar-refractivity contribution < 1.29 is 12.8 Å². The molecule has 0 fully saturated rings. The van der Waals surface area contributed by atoms with Crippen LogP contribution >= 0.6 is 0 Å². The number of hydrogen-bond acceptors (Lipinski definition) is 4. The van der Waals surface area contributed by atoms with Gasteiger partial charge in [0.25, 0.3) is 10.0 Å². The molecule has 126 valence electrons. The van der Waals surface area contributed by atoms with Crippen molar-refractivity contribution in [2.24, 2.45) is 7.05 Å². The van der Waals surface area contributed by atoms with Crippen molar-refractivity contribution in [3.05, 3.63) is 67.0 Å². The van der Waals surface area contributed by atoms with Crippen LogP contribution in [-0.2, 0) is 17.1 Å². The smallest absolute Gasteiger partial charge is 0.268 e. The van der Waals surface area contributed by atoms with E-state index in [0.717, 1.165) is 27.2 Å². The van der Waals surface area contributed by atoms with Crippen LogP contribution < -0.4 is 0 Å². The fourth-order valence-electron chi connectivity index (χ4n) is 2.65. The largest absolute Gasteiger partial charge is 0.275 e.